The number of para-hydroxylation sites is 1. The summed E-state index contributed by atoms with van der Waals surface area (Å²) in [5, 5.41) is 4.47. The predicted molar refractivity (Wildman–Crippen MR) is 139 cm³/mol. The van der Waals surface area contributed by atoms with Crippen LogP contribution in [0.5, 0.6) is 0 Å². The second-order valence-electron chi connectivity index (χ2n) is 7.42. The van der Waals surface area contributed by atoms with Crippen molar-refractivity contribution in [2.75, 3.05) is 5.75 Å². The van der Waals surface area contributed by atoms with E-state index in [-0.39, 0.29) is 0 Å². The van der Waals surface area contributed by atoms with Crippen LogP contribution in [0.1, 0.15) is 16.7 Å². The van der Waals surface area contributed by atoms with Crippen LogP contribution in [0.4, 0.5) is 0 Å². The molecule has 0 aliphatic carbocycles. The normalized spacial score (nSPS) is 11.8. The largest absolute Gasteiger partial charge is 0.375 e. The number of hydrogen-bond acceptors (Lipinski definition) is 5. The molecule has 0 unspecified atom stereocenters. The molecule has 0 bridgehead atoms. The van der Waals surface area contributed by atoms with E-state index >= 15 is 0 Å². The highest BCUT2D eigenvalue weighted by Crippen LogP contribution is 2.40. The van der Waals surface area contributed by atoms with E-state index in [1.54, 1.807) is 23.1 Å². The lowest BCUT2D eigenvalue weighted by Gasteiger charge is -2.33. The summed E-state index contributed by atoms with van der Waals surface area (Å²) in [6.07, 6.45) is 1.82. The standard InChI is InChI=1S/C28H22N2OS2/c1-4-12-22(13-5-1)28(23-14-6-2-7-15-23,24-16-8-3-9-17-24)31-29-20-21-32-27-30-25-18-10-11-19-26(25)33-27/h1-20H,21H2. The first-order valence-electron chi connectivity index (χ1n) is 10.7. The predicted octanol–water partition coefficient (Wildman–Crippen LogP) is 7.38. The molecule has 0 aliphatic heterocycles. The number of rotatable bonds is 8. The van der Waals surface area contributed by atoms with Crippen molar-refractivity contribution in [1.82, 2.24) is 4.98 Å². The maximum Gasteiger partial charge on any atom is 0.212 e. The van der Waals surface area contributed by atoms with Crippen LogP contribution in [0.3, 0.4) is 0 Å². The average Bonchev–Trinajstić information content (AvgIpc) is 3.31. The van der Waals surface area contributed by atoms with Crippen LogP contribution >= 0.6 is 23.1 Å². The molecule has 0 aliphatic rings. The van der Waals surface area contributed by atoms with Crippen LogP contribution in [0.2, 0.25) is 0 Å². The number of thiazole rings is 1. The lowest BCUT2D eigenvalue weighted by molar-refractivity contribution is 0.0182. The smallest absolute Gasteiger partial charge is 0.212 e. The summed E-state index contributed by atoms with van der Waals surface area (Å²) in [5.74, 6) is 0.675. The molecule has 1 aromatic heterocycles. The zero-order valence-electron chi connectivity index (χ0n) is 17.9. The lowest BCUT2D eigenvalue weighted by atomic mass is 9.80. The molecule has 0 saturated heterocycles. The fraction of sp³-hybridized carbons (Fsp3) is 0.0714. The summed E-state index contributed by atoms with van der Waals surface area (Å²) < 4.78 is 2.23. The van der Waals surface area contributed by atoms with Gasteiger partial charge in [0, 0.05) is 22.4 Å². The lowest BCUT2D eigenvalue weighted by Crippen LogP contribution is -2.31. The molecule has 4 aromatic carbocycles. The SMILES string of the molecule is C(CSc1nc2ccccc2s1)=NOC(c1ccccc1)(c1ccccc1)c1ccccc1. The fourth-order valence-corrected chi connectivity index (χ4v) is 5.69. The van der Waals surface area contributed by atoms with E-state index in [1.807, 2.05) is 79.0 Å². The first-order chi connectivity index (χ1) is 16.4. The minimum atomic E-state index is -0.846. The third kappa shape index (κ3) is 4.56. The average molecular weight is 467 g/mol. The van der Waals surface area contributed by atoms with Crippen LogP contribution in [-0.4, -0.2) is 17.0 Å². The van der Waals surface area contributed by atoms with Crippen molar-refractivity contribution in [3.63, 3.8) is 0 Å². The monoisotopic (exact) mass is 466 g/mol. The molecule has 0 radical (unpaired) electrons. The van der Waals surface area contributed by atoms with Crippen molar-refractivity contribution in [2.45, 2.75) is 9.94 Å². The van der Waals surface area contributed by atoms with Gasteiger partial charge < -0.3 is 4.84 Å². The van der Waals surface area contributed by atoms with Gasteiger partial charge in [0.2, 0.25) is 5.60 Å². The third-order valence-electron chi connectivity index (χ3n) is 5.36. The highest BCUT2D eigenvalue weighted by atomic mass is 32.2. The van der Waals surface area contributed by atoms with Gasteiger partial charge in [0.25, 0.3) is 0 Å². The summed E-state index contributed by atoms with van der Waals surface area (Å²) in [5.41, 5.74) is 3.27. The molecular weight excluding hydrogens is 444 g/mol. The molecule has 0 saturated carbocycles. The minimum Gasteiger partial charge on any atom is -0.375 e. The third-order valence-corrected chi connectivity index (χ3v) is 7.45. The molecule has 3 nitrogen and oxygen atoms in total. The summed E-state index contributed by atoms with van der Waals surface area (Å²) in [6.45, 7) is 0. The number of nitrogens with zero attached hydrogens (tertiary/aromatic N) is 2. The second kappa shape index (κ2) is 10.0. The zero-order valence-corrected chi connectivity index (χ0v) is 19.5. The number of hydrogen-bond donors (Lipinski definition) is 0. The van der Waals surface area contributed by atoms with Crippen molar-refractivity contribution >= 4 is 39.5 Å². The van der Waals surface area contributed by atoms with Crippen molar-refractivity contribution in [1.29, 1.82) is 0 Å². The van der Waals surface area contributed by atoms with Crippen molar-refractivity contribution in [2.24, 2.45) is 5.16 Å². The molecule has 5 aromatic rings. The Morgan fingerprint density at radius 1 is 0.727 bits per heavy atom. The first-order valence-corrected chi connectivity index (χ1v) is 12.5. The summed E-state index contributed by atoms with van der Waals surface area (Å²) >= 11 is 3.36. The molecule has 5 rings (SSSR count). The number of thioether (sulfide) groups is 1. The molecule has 5 heteroatoms. The Hall–Kier alpha value is -3.41. The molecule has 0 fully saturated rings. The van der Waals surface area contributed by atoms with Gasteiger partial charge in [-0.3, -0.25) is 0 Å². The summed E-state index contributed by atoms with van der Waals surface area (Å²) in [4.78, 5) is 11.1. The van der Waals surface area contributed by atoms with Crippen molar-refractivity contribution in [3.05, 3.63) is 132 Å². The van der Waals surface area contributed by atoms with Gasteiger partial charge in [0.1, 0.15) is 0 Å². The van der Waals surface area contributed by atoms with E-state index in [1.165, 1.54) is 4.70 Å². The Morgan fingerprint density at radius 2 is 1.24 bits per heavy atom. The van der Waals surface area contributed by atoms with Gasteiger partial charge in [-0.2, -0.15) is 0 Å². The summed E-state index contributed by atoms with van der Waals surface area (Å²) in [6, 6.07) is 39.0. The van der Waals surface area contributed by atoms with Gasteiger partial charge in [0.15, 0.2) is 4.34 Å². The minimum absolute atomic E-state index is 0.675. The van der Waals surface area contributed by atoms with Gasteiger partial charge in [-0.1, -0.05) is 120 Å². The maximum atomic E-state index is 6.42. The van der Waals surface area contributed by atoms with E-state index in [0.717, 1.165) is 26.5 Å². The number of benzene rings is 4. The number of fused-ring (bicyclic) bond motifs is 1. The Bertz CT molecular complexity index is 1210. The van der Waals surface area contributed by atoms with Gasteiger partial charge in [0.05, 0.1) is 16.4 Å². The highest BCUT2D eigenvalue weighted by Gasteiger charge is 2.39. The zero-order chi connectivity index (χ0) is 22.3. The Kier molecular flexibility index (Phi) is 6.51. The van der Waals surface area contributed by atoms with Crippen LogP contribution in [0, 0.1) is 0 Å². The quantitative estimate of drug-likeness (QED) is 0.104. The van der Waals surface area contributed by atoms with E-state index < -0.39 is 5.60 Å². The molecule has 162 valence electrons. The van der Waals surface area contributed by atoms with E-state index in [4.69, 9.17) is 4.84 Å². The Labute approximate surface area is 201 Å². The van der Waals surface area contributed by atoms with Crippen LogP contribution in [0.25, 0.3) is 10.2 Å². The molecule has 0 amide bonds. The van der Waals surface area contributed by atoms with Crippen molar-refractivity contribution < 1.29 is 4.84 Å². The summed E-state index contributed by atoms with van der Waals surface area (Å²) in [7, 11) is 0. The van der Waals surface area contributed by atoms with E-state index in [9.17, 15) is 0 Å². The van der Waals surface area contributed by atoms with Gasteiger partial charge >= 0.3 is 0 Å². The van der Waals surface area contributed by atoms with Crippen LogP contribution < -0.4 is 0 Å². The molecular formula is C28H22N2OS2. The van der Waals surface area contributed by atoms with Crippen molar-refractivity contribution in [3.8, 4) is 0 Å². The maximum absolute atomic E-state index is 6.42. The number of oxime groups is 1. The number of aromatic nitrogens is 1. The molecule has 1 heterocycles. The van der Waals surface area contributed by atoms with Gasteiger partial charge in [-0.05, 0) is 12.1 Å². The van der Waals surface area contributed by atoms with Crippen LogP contribution in [0.15, 0.2) is 125 Å². The first kappa shape index (κ1) is 21.4. The molecule has 0 spiro atoms. The van der Waals surface area contributed by atoms with Crippen LogP contribution in [-0.2, 0) is 10.4 Å². The molecule has 0 atom stereocenters. The fourth-order valence-electron chi connectivity index (χ4n) is 3.84. The van der Waals surface area contributed by atoms with Gasteiger partial charge in [-0.25, -0.2) is 4.98 Å². The topological polar surface area (TPSA) is 34.5 Å². The molecule has 0 N–H and O–H groups in total. The molecule has 33 heavy (non-hydrogen) atoms. The highest BCUT2D eigenvalue weighted by molar-refractivity contribution is 8.01. The Morgan fingerprint density at radius 3 is 1.79 bits per heavy atom. The second-order valence-corrected chi connectivity index (χ2v) is 9.71. The van der Waals surface area contributed by atoms with E-state index in [2.05, 4.69) is 52.6 Å². The Balaban J connectivity index is 1.44. The van der Waals surface area contributed by atoms with Gasteiger partial charge in [-0.15, -0.1) is 11.3 Å². The van der Waals surface area contributed by atoms with E-state index in [0.29, 0.717) is 5.75 Å².